The zero-order valence-electron chi connectivity index (χ0n) is 19.9. The Bertz CT molecular complexity index is 1210. The number of hydrogen-bond donors (Lipinski definition) is 2. The minimum Gasteiger partial charge on any atom is -0.497 e. The Labute approximate surface area is 209 Å². The van der Waals surface area contributed by atoms with Crippen molar-refractivity contribution in [3.63, 3.8) is 0 Å². The Kier molecular flexibility index (Phi) is 8.02. The number of methoxy groups -OCH3 is 1. The Morgan fingerprint density at radius 2 is 1.75 bits per heavy atom. The average Bonchev–Trinajstić information content (AvgIpc) is 2.91. The fourth-order valence-corrected chi connectivity index (χ4v) is 3.67. The standard InChI is InChI=1S/C27H27N3O6/c1-34-21-9-11-22(12-10-21)35-15-5-14-30-23-16-20(8-13-24(23)36-18-26(30)32)29-25(31)17-28-27(33)19-6-3-2-4-7-19/h2-4,6-13,16H,5,14-15,17-18H2,1H3,(H,28,33)(H,29,31). The number of nitrogens with zero attached hydrogens (tertiary/aromatic N) is 1. The van der Waals surface area contributed by atoms with Gasteiger partial charge in [-0.15, -0.1) is 0 Å². The summed E-state index contributed by atoms with van der Waals surface area (Å²) in [7, 11) is 1.60. The summed E-state index contributed by atoms with van der Waals surface area (Å²) in [5.41, 5.74) is 1.54. The van der Waals surface area contributed by atoms with Gasteiger partial charge in [0.05, 0.1) is 25.9 Å². The molecule has 3 amide bonds. The van der Waals surface area contributed by atoms with Gasteiger partial charge >= 0.3 is 0 Å². The molecule has 0 saturated heterocycles. The number of fused-ring (bicyclic) bond motifs is 1. The largest absolute Gasteiger partial charge is 0.497 e. The number of anilines is 2. The van der Waals surface area contributed by atoms with Crippen molar-refractivity contribution in [2.24, 2.45) is 0 Å². The van der Waals surface area contributed by atoms with Crippen molar-refractivity contribution in [2.75, 3.05) is 43.6 Å². The third-order valence-corrected chi connectivity index (χ3v) is 5.49. The van der Waals surface area contributed by atoms with Gasteiger partial charge in [0, 0.05) is 17.8 Å². The maximum absolute atomic E-state index is 12.5. The molecule has 1 aliphatic heterocycles. The molecule has 3 aromatic carbocycles. The fourth-order valence-electron chi connectivity index (χ4n) is 3.67. The highest BCUT2D eigenvalue weighted by atomic mass is 16.5. The van der Waals surface area contributed by atoms with Crippen LogP contribution in [0.3, 0.4) is 0 Å². The molecule has 0 fully saturated rings. The molecular weight excluding hydrogens is 462 g/mol. The van der Waals surface area contributed by atoms with Crippen LogP contribution in [0.4, 0.5) is 11.4 Å². The van der Waals surface area contributed by atoms with Gasteiger partial charge in [-0.3, -0.25) is 14.4 Å². The van der Waals surface area contributed by atoms with E-state index in [0.717, 1.165) is 5.75 Å². The maximum atomic E-state index is 12.5. The van der Waals surface area contributed by atoms with Gasteiger partial charge in [0.25, 0.3) is 11.8 Å². The molecule has 0 aromatic heterocycles. The summed E-state index contributed by atoms with van der Waals surface area (Å²) in [5, 5.41) is 5.34. The smallest absolute Gasteiger partial charge is 0.265 e. The Morgan fingerprint density at radius 3 is 2.50 bits per heavy atom. The predicted octanol–water partition coefficient (Wildman–Crippen LogP) is 3.26. The van der Waals surface area contributed by atoms with Gasteiger partial charge in [0.2, 0.25) is 5.91 Å². The first kappa shape index (κ1) is 24.6. The van der Waals surface area contributed by atoms with Gasteiger partial charge in [-0.2, -0.15) is 0 Å². The second-order valence-corrected chi connectivity index (χ2v) is 7.99. The molecule has 0 atom stereocenters. The lowest BCUT2D eigenvalue weighted by Gasteiger charge is -2.30. The number of ether oxygens (including phenoxy) is 3. The zero-order valence-corrected chi connectivity index (χ0v) is 19.9. The minimum absolute atomic E-state index is 0.0520. The lowest BCUT2D eigenvalue weighted by atomic mass is 10.2. The summed E-state index contributed by atoms with van der Waals surface area (Å²) >= 11 is 0. The van der Waals surface area contributed by atoms with Crippen LogP contribution in [-0.4, -0.2) is 51.1 Å². The van der Waals surface area contributed by atoms with E-state index in [4.69, 9.17) is 14.2 Å². The van der Waals surface area contributed by atoms with Crippen LogP contribution in [0.5, 0.6) is 17.2 Å². The molecule has 186 valence electrons. The van der Waals surface area contributed by atoms with Crippen LogP contribution >= 0.6 is 0 Å². The van der Waals surface area contributed by atoms with Crippen LogP contribution in [0.15, 0.2) is 72.8 Å². The van der Waals surface area contributed by atoms with E-state index >= 15 is 0 Å². The van der Waals surface area contributed by atoms with E-state index in [-0.39, 0.29) is 30.9 Å². The fraction of sp³-hybridized carbons (Fsp3) is 0.222. The summed E-state index contributed by atoms with van der Waals surface area (Å²) in [6, 6.07) is 21.0. The topological polar surface area (TPSA) is 106 Å². The number of amides is 3. The van der Waals surface area contributed by atoms with Crippen molar-refractivity contribution < 1.29 is 28.6 Å². The van der Waals surface area contributed by atoms with Gasteiger partial charge in [-0.1, -0.05) is 18.2 Å². The first-order chi connectivity index (χ1) is 17.5. The monoisotopic (exact) mass is 489 g/mol. The summed E-state index contributed by atoms with van der Waals surface area (Å²) in [6.07, 6.45) is 0.597. The number of benzene rings is 3. The van der Waals surface area contributed by atoms with Crippen LogP contribution in [0.1, 0.15) is 16.8 Å². The van der Waals surface area contributed by atoms with Crippen molar-refractivity contribution >= 4 is 29.1 Å². The molecule has 9 heteroatoms. The van der Waals surface area contributed by atoms with Gasteiger partial charge in [-0.05, 0) is 61.0 Å². The Morgan fingerprint density at radius 1 is 1.00 bits per heavy atom. The molecule has 1 heterocycles. The van der Waals surface area contributed by atoms with Crippen LogP contribution in [-0.2, 0) is 9.59 Å². The SMILES string of the molecule is COc1ccc(OCCCN2C(=O)COc3ccc(NC(=O)CNC(=O)c4ccccc4)cc32)cc1. The molecule has 3 aromatic rings. The van der Waals surface area contributed by atoms with Crippen molar-refractivity contribution in [2.45, 2.75) is 6.42 Å². The molecule has 36 heavy (non-hydrogen) atoms. The van der Waals surface area contributed by atoms with Crippen molar-refractivity contribution in [3.8, 4) is 17.2 Å². The van der Waals surface area contributed by atoms with E-state index in [2.05, 4.69) is 10.6 Å². The molecule has 0 saturated carbocycles. The van der Waals surface area contributed by atoms with Crippen LogP contribution in [0, 0.1) is 0 Å². The molecule has 0 aliphatic carbocycles. The number of nitrogens with one attached hydrogen (secondary N) is 2. The number of carbonyl (C=O) groups is 3. The Hall–Kier alpha value is -4.53. The molecule has 0 bridgehead atoms. The van der Waals surface area contributed by atoms with E-state index in [0.29, 0.717) is 48.0 Å². The van der Waals surface area contributed by atoms with Gasteiger partial charge in [0.1, 0.15) is 17.2 Å². The van der Waals surface area contributed by atoms with Gasteiger partial charge in [-0.25, -0.2) is 0 Å². The first-order valence-corrected chi connectivity index (χ1v) is 11.5. The lowest BCUT2D eigenvalue weighted by molar-refractivity contribution is -0.121. The maximum Gasteiger partial charge on any atom is 0.265 e. The van der Waals surface area contributed by atoms with E-state index in [1.54, 1.807) is 54.5 Å². The molecule has 0 spiro atoms. The second-order valence-electron chi connectivity index (χ2n) is 7.99. The van der Waals surface area contributed by atoms with E-state index < -0.39 is 0 Å². The third kappa shape index (κ3) is 6.32. The van der Waals surface area contributed by atoms with Gasteiger partial charge < -0.3 is 29.7 Å². The molecule has 1 aliphatic rings. The van der Waals surface area contributed by atoms with Crippen LogP contribution in [0.25, 0.3) is 0 Å². The average molecular weight is 490 g/mol. The lowest BCUT2D eigenvalue weighted by Crippen LogP contribution is -2.40. The molecule has 0 unspecified atom stereocenters. The molecule has 2 N–H and O–H groups in total. The second kappa shape index (κ2) is 11.7. The predicted molar refractivity (Wildman–Crippen MR) is 135 cm³/mol. The highest BCUT2D eigenvalue weighted by Crippen LogP contribution is 2.34. The molecule has 0 radical (unpaired) electrons. The minimum atomic E-state index is -0.387. The van der Waals surface area contributed by atoms with Gasteiger partial charge in [0.15, 0.2) is 6.61 Å². The molecule has 4 rings (SSSR count). The summed E-state index contributed by atoms with van der Waals surface area (Å²) in [4.78, 5) is 38.7. The van der Waals surface area contributed by atoms with Crippen molar-refractivity contribution in [1.29, 1.82) is 0 Å². The summed E-state index contributed by atoms with van der Waals surface area (Å²) in [5.74, 6) is 1.12. The van der Waals surface area contributed by atoms with Crippen molar-refractivity contribution in [1.82, 2.24) is 5.32 Å². The highest BCUT2D eigenvalue weighted by Gasteiger charge is 2.25. The number of rotatable bonds is 10. The third-order valence-electron chi connectivity index (χ3n) is 5.49. The summed E-state index contributed by atoms with van der Waals surface area (Å²) < 4.78 is 16.4. The van der Waals surface area contributed by atoms with E-state index in [1.807, 2.05) is 30.3 Å². The quantitative estimate of drug-likeness (QED) is 0.424. The molecule has 9 nitrogen and oxygen atoms in total. The van der Waals surface area contributed by atoms with E-state index in [9.17, 15) is 14.4 Å². The zero-order chi connectivity index (χ0) is 25.3. The number of hydrogen-bond acceptors (Lipinski definition) is 6. The number of carbonyl (C=O) groups excluding carboxylic acids is 3. The summed E-state index contributed by atoms with van der Waals surface area (Å²) in [6.45, 7) is 0.607. The normalized spacial score (nSPS) is 12.2. The van der Waals surface area contributed by atoms with Crippen LogP contribution < -0.4 is 29.7 Å². The van der Waals surface area contributed by atoms with E-state index in [1.165, 1.54) is 0 Å². The first-order valence-electron chi connectivity index (χ1n) is 11.5. The van der Waals surface area contributed by atoms with Crippen LogP contribution in [0.2, 0.25) is 0 Å². The molecular formula is C27H27N3O6. The highest BCUT2D eigenvalue weighted by molar-refractivity contribution is 6.01. The van der Waals surface area contributed by atoms with Crippen molar-refractivity contribution in [3.05, 3.63) is 78.4 Å². The Balaban J connectivity index is 1.32.